The third-order valence-corrected chi connectivity index (χ3v) is 3.66. The number of halogens is 1. The average Bonchev–Trinajstić information content (AvgIpc) is 2.46. The number of hydrogen-bond acceptors (Lipinski definition) is 3. The quantitative estimate of drug-likeness (QED) is 0.769. The summed E-state index contributed by atoms with van der Waals surface area (Å²) in [6.45, 7) is 0.819. The molecule has 1 atom stereocenters. The lowest BCUT2D eigenvalue weighted by Gasteiger charge is -2.22. The van der Waals surface area contributed by atoms with E-state index in [-0.39, 0.29) is 11.9 Å². The molecule has 0 spiro atoms. The number of Topliss-reactive ketones (excluding diaryl/α,β-unsaturated/α-hetero) is 1. The van der Waals surface area contributed by atoms with E-state index in [1.807, 2.05) is 0 Å². The molecule has 1 fully saturated rings. The largest absolute Gasteiger partial charge is 0.496 e. The molecule has 0 aliphatic carbocycles. The van der Waals surface area contributed by atoms with Crippen LogP contribution in [0, 0.1) is 0 Å². The molecular formula is C15H19ClO3. The van der Waals surface area contributed by atoms with Crippen LogP contribution in [-0.4, -0.2) is 25.6 Å². The second-order valence-electron chi connectivity index (χ2n) is 4.80. The van der Waals surface area contributed by atoms with Gasteiger partial charge in [-0.1, -0.05) is 11.6 Å². The van der Waals surface area contributed by atoms with Crippen molar-refractivity contribution in [3.63, 3.8) is 0 Å². The Hall–Kier alpha value is -1.06. The summed E-state index contributed by atoms with van der Waals surface area (Å²) in [5, 5.41) is 0.554. The van der Waals surface area contributed by atoms with Crippen LogP contribution in [0.15, 0.2) is 18.2 Å². The fraction of sp³-hybridized carbons (Fsp3) is 0.533. The van der Waals surface area contributed by atoms with E-state index in [1.54, 1.807) is 25.3 Å². The third kappa shape index (κ3) is 3.95. The molecule has 0 bridgehead atoms. The van der Waals surface area contributed by atoms with Crippen LogP contribution >= 0.6 is 11.6 Å². The van der Waals surface area contributed by atoms with Crippen molar-refractivity contribution in [1.82, 2.24) is 0 Å². The lowest BCUT2D eigenvalue weighted by molar-refractivity contribution is 0.0104. The zero-order valence-corrected chi connectivity index (χ0v) is 11.9. The van der Waals surface area contributed by atoms with Crippen LogP contribution in [0.3, 0.4) is 0 Å². The van der Waals surface area contributed by atoms with E-state index in [9.17, 15) is 4.79 Å². The number of ketones is 1. The van der Waals surface area contributed by atoms with E-state index in [1.165, 1.54) is 6.42 Å². The van der Waals surface area contributed by atoms with Crippen LogP contribution in [0.4, 0.5) is 0 Å². The molecule has 0 radical (unpaired) electrons. The van der Waals surface area contributed by atoms with Gasteiger partial charge in [-0.15, -0.1) is 0 Å². The average molecular weight is 283 g/mol. The van der Waals surface area contributed by atoms with Gasteiger partial charge in [0.1, 0.15) is 5.75 Å². The van der Waals surface area contributed by atoms with Gasteiger partial charge in [-0.2, -0.15) is 0 Å². The maximum absolute atomic E-state index is 12.2. The highest BCUT2D eigenvalue weighted by Crippen LogP contribution is 2.25. The second kappa shape index (κ2) is 6.92. The number of ether oxygens (including phenoxy) is 2. The minimum atomic E-state index is 0.0634. The Morgan fingerprint density at radius 3 is 3.00 bits per heavy atom. The molecule has 1 saturated heterocycles. The van der Waals surface area contributed by atoms with Crippen LogP contribution in [-0.2, 0) is 4.74 Å². The van der Waals surface area contributed by atoms with Gasteiger partial charge in [0.2, 0.25) is 0 Å². The van der Waals surface area contributed by atoms with Gasteiger partial charge in [-0.3, -0.25) is 4.79 Å². The van der Waals surface area contributed by atoms with Crippen LogP contribution in [0.25, 0.3) is 0 Å². The molecule has 1 aliphatic rings. The van der Waals surface area contributed by atoms with E-state index in [0.717, 1.165) is 25.9 Å². The maximum Gasteiger partial charge on any atom is 0.166 e. The number of carbonyl (C=O) groups excluding carboxylic acids is 1. The molecule has 0 aromatic heterocycles. The number of hydrogen-bond donors (Lipinski definition) is 0. The number of methoxy groups -OCH3 is 1. The lowest BCUT2D eigenvalue weighted by Crippen LogP contribution is -2.20. The van der Waals surface area contributed by atoms with E-state index in [2.05, 4.69) is 0 Å². The maximum atomic E-state index is 12.2. The van der Waals surface area contributed by atoms with Crippen LogP contribution < -0.4 is 4.74 Å². The molecule has 4 heteroatoms. The molecule has 0 saturated carbocycles. The molecule has 19 heavy (non-hydrogen) atoms. The highest BCUT2D eigenvalue weighted by Gasteiger charge is 2.18. The molecule has 0 amide bonds. The Bertz CT molecular complexity index is 439. The van der Waals surface area contributed by atoms with Gasteiger partial charge < -0.3 is 9.47 Å². The Labute approximate surface area is 118 Å². The summed E-state index contributed by atoms with van der Waals surface area (Å²) in [5.41, 5.74) is 0.561. The monoisotopic (exact) mass is 282 g/mol. The van der Waals surface area contributed by atoms with Gasteiger partial charge in [0.05, 0.1) is 18.8 Å². The summed E-state index contributed by atoms with van der Waals surface area (Å²) in [6, 6.07) is 5.12. The summed E-state index contributed by atoms with van der Waals surface area (Å²) >= 11 is 5.93. The van der Waals surface area contributed by atoms with Gasteiger partial charge >= 0.3 is 0 Å². The van der Waals surface area contributed by atoms with E-state index in [4.69, 9.17) is 21.1 Å². The molecule has 2 rings (SSSR count). The minimum Gasteiger partial charge on any atom is -0.496 e. The standard InChI is InChI=1S/C15H19ClO3/c1-18-15-8-5-11(16)10-13(15)14(17)7-6-12-4-2-3-9-19-12/h5,8,10,12H,2-4,6-7,9H2,1H3. The van der Waals surface area contributed by atoms with E-state index >= 15 is 0 Å². The van der Waals surface area contributed by atoms with Crippen molar-refractivity contribution in [3.05, 3.63) is 28.8 Å². The third-order valence-electron chi connectivity index (χ3n) is 3.43. The topological polar surface area (TPSA) is 35.5 Å². The van der Waals surface area contributed by atoms with Gasteiger partial charge in [0.15, 0.2) is 5.78 Å². The molecular weight excluding hydrogens is 264 g/mol. The Morgan fingerprint density at radius 1 is 1.47 bits per heavy atom. The highest BCUT2D eigenvalue weighted by atomic mass is 35.5. The summed E-state index contributed by atoms with van der Waals surface area (Å²) in [4.78, 5) is 12.2. The van der Waals surface area contributed by atoms with Gasteiger partial charge in [0.25, 0.3) is 0 Å². The van der Waals surface area contributed by atoms with Crippen molar-refractivity contribution in [2.75, 3.05) is 13.7 Å². The van der Waals surface area contributed by atoms with Gasteiger partial charge in [0, 0.05) is 18.1 Å². The second-order valence-corrected chi connectivity index (χ2v) is 5.23. The van der Waals surface area contributed by atoms with E-state index < -0.39 is 0 Å². The number of benzene rings is 1. The predicted molar refractivity (Wildman–Crippen MR) is 75.2 cm³/mol. The fourth-order valence-corrected chi connectivity index (χ4v) is 2.53. The van der Waals surface area contributed by atoms with Crippen molar-refractivity contribution in [1.29, 1.82) is 0 Å². The highest BCUT2D eigenvalue weighted by molar-refractivity contribution is 6.31. The molecule has 1 aromatic carbocycles. The Morgan fingerprint density at radius 2 is 2.32 bits per heavy atom. The summed E-state index contributed by atoms with van der Waals surface area (Å²) in [6.07, 6.45) is 4.85. The Balaban J connectivity index is 1.97. The smallest absolute Gasteiger partial charge is 0.166 e. The molecule has 3 nitrogen and oxygen atoms in total. The first-order valence-corrected chi connectivity index (χ1v) is 7.07. The summed E-state index contributed by atoms with van der Waals surface area (Å²) < 4.78 is 10.8. The van der Waals surface area contributed by atoms with Crippen molar-refractivity contribution in [3.8, 4) is 5.75 Å². The number of carbonyl (C=O) groups is 1. The van der Waals surface area contributed by atoms with Crippen molar-refractivity contribution in [2.45, 2.75) is 38.2 Å². The first-order valence-electron chi connectivity index (χ1n) is 6.69. The molecule has 1 aromatic rings. The molecule has 1 unspecified atom stereocenters. The normalized spacial score (nSPS) is 19.2. The zero-order valence-electron chi connectivity index (χ0n) is 11.2. The predicted octanol–water partition coefficient (Wildman–Crippen LogP) is 3.88. The van der Waals surface area contributed by atoms with Gasteiger partial charge in [-0.25, -0.2) is 0 Å². The first kappa shape index (κ1) is 14.4. The molecule has 0 N–H and O–H groups in total. The SMILES string of the molecule is COc1ccc(Cl)cc1C(=O)CCC1CCCCO1. The summed E-state index contributed by atoms with van der Waals surface area (Å²) in [7, 11) is 1.56. The molecule has 104 valence electrons. The van der Waals surface area contributed by atoms with Crippen molar-refractivity contribution < 1.29 is 14.3 Å². The summed E-state index contributed by atoms with van der Waals surface area (Å²) in [5.74, 6) is 0.646. The van der Waals surface area contributed by atoms with Crippen LogP contribution in [0.2, 0.25) is 5.02 Å². The lowest BCUT2D eigenvalue weighted by atomic mass is 10.00. The van der Waals surface area contributed by atoms with Crippen molar-refractivity contribution in [2.24, 2.45) is 0 Å². The van der Waals surface area contributed by atoms with E-state index in [0.29, 0.717) is 22.8 Å². The van der Waals surface area contributed by atoms with Gasteiger partial charge in [-0.05, 0) is 43.9 Å². The molecule has 1 aliphatic heterocycles. The molecule has 1 heterocycles. The first-order chi connectivity index (χ1) is 9.20. The number of rotatable bonds is 5. The fourth-order valence-electron chi connectivity index (χ4n) is 2.36. The van der Waals surface area contributed by atoms with Crippen LogP contribution in [0.1, 0.15) is 42.5 Å². The van der Waals surface area contributed by atoms with Crippen molar-refractivity contribution >= 4 is 17.4 Å². The minimum absolute atomic E-state index is 0.0634. The Kier molecular flexibility index (Phi) is 5.23. The van der Waals surface area contributed by atoms with Crippen LogP contribution in [0.5, 0.6) is 5.75 Å². The zero-order chi connectivity index (χ0) is 13.7.